The average molecular weight is 767 g/mol. The van der Waals surface area contributed by atoms with Gasteiger partial charge in [0, 0.05) is 22.6 Å². The maximum absolute atomic E-state index is 14.2. The lowest BCUT2D eigenvalue weighted by Crippen LogP contribution is -2.41. The number of nitrogens with zero attached hydrogens (tertiary/aromatic N) is 4. The van der Waals surface area contributed by atoms with Gasteiger partial charge < -0.3 is 0 Å². The Morgan fingerprint density at radius 2 is 1.13 bits per heavy atom. The molecular weight excluding hydrogens is 693 g/mol. The maximum Gasteiger partial charge on any atom is 0.278 e. The number of aliphatic imine (C=N–C) groups is 2. The van der Waals surface area contributed by atoms with Gasteiger partial charge in [0.25, 0.3) is 11.8 Å². The second-order valence-electron chi connectivity index (χ2n) is 16.8. The third-order valence-electron chi connectivity index (χ3n) is 12.4. The van der Waals surface area contributed by atoms with Crippen molar-refractivity contribution in [3.8, 4) is 0 Å². The highest BCUT2D eigenvalue weighted by Crippen LogP contribution is 2.39. The van der Waals surface area contributed by atoms with Crippen molar-refractivity contribution >= 4 is 45.7 Å². The van der Waals surface area contributed by atoms with Crippen molar-refractivity contribution in [1.82, 2.24) is 9.80 Å². The summed E-state index contributed by atoms with van der Waals surface area (Å²) in [4.78, 5) is 42.7. The molecule has 2 unspecified atom stereocenters. The van der Waals surface area contributed by atoms with Crippen LogP contribution in [0.2, 0.25) is 0 Å². The summed E-state index contributed by atoms with van der Waals surface area (Å²) in [5.74, 6) is 0.806. The Morgan fingerprint density at radius 1 is 0.604 bits per heavy atom. The molecule has 0 radical (unpaired) electrons. The summed E-state index contributed by atoms with van der Waals surface area (Å²) in [6.07, 6.45) is 38.9. The van der Waals surface area contributed by atoms with E-state index in [2.05, 4.69) is 42.7 Å². The van der Waals surface area contributed by atoms with Crippen molar-refractivity contribution in [3.63, 3.8) is 0 Å². The van der Waals surface area contributed by atoms with Gasteiger partial charge in [0.2, 0.25) is 0 Å². The number of carbonyl (C=O) groups excluding carboxylic acids is 2. The lowest BCUT2D eigenvalue weighted by Gasteiger charge is -2.29. The van der Waals surface area contributed by atoms with Gasteiger partial charge in [0.15, 0.2) is 10.3 Å². The van der Waals surface area contributed by atoms with Crippen LogP contribution < -0.4 is 0 Å². The van der Waals surface area contributed by atoms with Crippen LogP contribution >= 0.6 is 23.5 Å². The first-order valence-corrected chi connectivity index (χ1v) is 24.4. The fourth-order valence-corrected chi connectivity index (χ4v) is 12.0. The topological polar surface area (TPSA) is 65.3 Å². The number of hydrogen-bond acceptors (Lipinski definition) is 6. The molecule has 53 heavy (non-hydrogen) atoms. The summed E-state index contributed by atoms with van der Waals surface area (Å²) >= 11 is 3.83. The zero-order chi connectivity index (χ0) is 37.3. The molecule has 2 amide bonds. The number of allylic oxidation sites excluding steroid dienone is 2. The van der Waals surface area contributed by atoms with Gasteiger partial charge in [-0.1, -0.05) is 160 Å². The van der Waals surface area contributed by atoms with Crippen LogP contribution in [-0.2, 0) is 9.59 Å². The first-order chi connectivity index (χ1) is 26.0. The molecule has 0 saturated heterocycles. The van der Waals surface area contributed by atoms with Crippen LogP contribution in [0.4, 0.5) is 0 Å². The molecule has 0 spiro atoms. The molecule has 0 bridgehead atoms. The van der Waals surface area contributed by atoms with E-state index in [1.807, 2.05) is 23.5 Å². The Morgan fingerprint density at radius 3 is 1.74 bits per heavy atom. The van der Waals surface area contributed by atoms with E-state index in [1.165, 1.54) is 122 Å². The fraction of sp³-hybridized carbons (Fsp3) is 0.822. The third kappa shape index (κ3) is 13.0. The summed E-state index contributed by atoms with van der Waals surface area (Å²) in [5.41, 5.74) is 1.43. The fourth-order valence-electron chi connectivity index (χ4n) is 9.29. The minimum Gasteiger partial charge on any atom is -0.283 e. The molecule has 3 saturated carbocycles. The zero-order valence-corrected chi connectivity index (χ0v) is 35.6. The van der Waals surface area contributed by atoms with Crippen molar-refractivity contribution in [2.75, 3.05) is 0 Å². The molecule has 2 atom stereocenters. The van der Waals surface area contributed by atoms with Gasteiger partial charge in [-0.15, -0.1) is 0 Å². The predicted octanol–water partition coefficient (Wildman–Crippen LogP) is 13.1. The van der Waals surface area contributed by atoms with Gasteiger partial charge >= 0.3 is 0 Å². The largest absolute Gasteiger partial charge is 0.283 e. The predicted molar refractivity (Wildman–Crippen MR) is 229 cm³/mol. The zero-order valence-electron chi connectivity index (χ0n) is 34.0. The molecule has 0 N–H and O–H groups in total. The lowest BCUT2D eigenvalue weighted by atomic mass is 9.95. The third-order valence-corrected chi connectivity index (χ3v) is 15.0. The molecule has 2 heterocycles. The maximum atomic E-state index is 14.2. The monoisotopic (exact) mass is 767 g/mol. The van der Waals surface area contributed by atoms with Crippen LogP contribution in [0.5, 0.6) is 0 Å². The molecule has 2 aliphatic heterocycles. The second-order valence-corrected chi connectivity index (χ2v) is 19.3. The van der Waals surface area contributed by atoms with Gasteiger partial charge in [0.1, 0.15) is 11.4 Å². The number of rotatable bonds is 13. The van der Waals surface area contributed by atoms with Crippen molar-refractivity contribution in [2.45, 2.75) is 230 Å². The van der Waals surface area contributed by atoms with Crippen molar-refractivity contribution in [3.05, 3.63) is 23.5 Å². The second kappa shape index (κ2) is 23.5. The highest BCUT2D eigenvalue weighted by atomic mass is 32.2. The molecule has 298 valence electrons. The van der Waals surface area contributed by atoms with Crippen LogP contribution in [-0.4, -0.2) is 54.5 Å². The van der Waals surface area contributed by atoms with E-state index in [1.54, 1.807) is 0 Å². The van der Waals surface area contributed by atoms with Crippen LogP contribution in [0, 0.1) is 5.92 Å². The molecule has 6 nitrogen and oxygen atoms in total. The number of unbranched alkanes of at least 4 members (excludes halogenated alkanes) is 3. The molecule has 0 aromatic heterocycles. The minimum absolute atomic E-state index is 0.162. The Kier molecular flexibility index (Phi) is 18.9. The van der Waals surface area contributed by atoms with E-state index >= 15 is 0 Å². The van der Waals surface area contributed by atoms with E-state index in [-0.39, 0.29) is 17.9 Å². The van der Waals surface area contributed by atoms with Crippen molar-refractivity contribution in [1.29, 1.82) is 0 Å². The molecule has 0 aromatic carbocycles. The molecular formula is C45H74N4O2S2. The van der Waals surface area contributed by atoms with Gasteiger partial charge in [-0.05, 0) is 89.0 Å². The van der Waals surface area contributed by atoms with E-state index < -0.39 is 0 Å². The Hall–Kier alpha value is -1.54. The summed E-state index contributed by atoms with van der Waals surface area (Å²) in [6.45, 7) is 6.74. The quantitative estimate of drug-likeness (QED) is 0.106. The summed E-state index contributed by atoms with van der Waals surface area (Å²) in [6, 6.07) is 0.539. The van der Waals surface area contributed by atoms with Gasteiger partial charge in [-0.25, -0.2) is 9.98 Å². The highest BCUT2D eigenvalue weighted by molar-refractivity contribution is 8.14. The number of carbonyl (C=O) groups is 2. The first-order valence-electron chi connectivity index (χ1n) is 22.6. The molecule has 3 fully saturated rings. The summed E-state index contributed by atoms with van der Waals surface area (Å²) in [5, 5.41) is 2.94. The lowest BCUT2D eigenvalue weighted by molar-refractivity contribution is -0.125. The van der Waals surface area contributed by atoms with Gasteiger partial charge in [-0.3, -0.25) is 19.4 Å². The van der Waals surface area contributed by atoms with E-state index in [0.717, 1.165) is 80.2 Å². The van der Waals surface area contributed by atoms with E-state index in [0.29, 0.717) is 28.2 Å². The first kappa shape index (κ1) is 42.6. The van der Waals surface area contributed by atoms with Crippen molar-refractivity contribution in [2.24, 2.45) is 15.9 Å². The number of amides is 2. The molecule has 5 rings (SSSR count). The number of hydrogen-bond donors (Lipinski definition) is 0. The normalized spacial score (nSPS) is 26.6. The average Bonchev–Trinajstić information content (AvgIpc) is 3.57. The Bertz CT molecular complexity index is 1250. The molecule has 3 aliphatic carbocycles. The van der Waals surface area contributed by atoms with E-state index in [4.69, 9.17) is 9.98 Å². The van der Waals surface area contributed by atoms with E-state index in [9.17, 15) is 9.59 Å². The minimum atomic E-state index is 0.162. The highest BCUT2D eigenvalue weighted by Gasteiger charge is 2.39. The van der Waals surface area contributed by atoms with Gasteiger partial charge in [0.05, 0.1) is 0 Å². The van der Waals surface area contributed by atoms with Gasteiger partial charge in [-0.2, -0.15) is 0 Å². The van der Waals surface area contributed by atoms with Crippen molar-refractivity contribution < 1.29 is 9.59 Å². The van der Waals surface area contributed by atoms with Crippen LogP contribution in [0.15, 0.2) is 33.5 Å². The van der Waals surface area contributed by atoms with Crippen LogP contribution in [0.25, 0.3) is 0 Å². The Balaban J connectivity index is 1.26. The standard InChI is InChI=1S/C45H74N4O2S2/c1-4-7-8-19-33-40-42(50)49(37-27-17-13-14-18-28-37)44(46-40)52-38-29-20-21-30-39(32-22-31-38)53-45-47-41(34-35-25-15-11-9-10-12-16-26-35)43(51)48(45)36(23-5-2)24-6-3/h33-39H,4-32H2,1-3H3. The number of thioether (sulfide) groups is 2. The summed E-state index contributed by atoms with van der Waals surface area (Å²) < 4.78 is 0. The molecule has 8 heteroatoms. The van der Waals surface area contributed by atoms with Crippen LogP contribution in [0.1, 0.15) is 207 Å². The SMILES string of the molecule is CCCCCC=C1N=C(SC2CCCCC(SC3=NC(=CC4CCCCCCCC4)C(=O)N3C(CCC)CCC)CCC2)N(C2CCCCCC2)C1=O. The summed E-state index contributed by atoms with van der Waals surface area (Å²) in [7, 11) is 0. The molecule has 5 aliphatic rings. The Labute approximate surface area is 332 Å². The molecule has 0 aromatic rings. The van der Waals surface area contributed by atoms with Crippen LogP contribution in [0.3, 0.4) is 0 Å². The smallest absolute Gasteiger partial charge is 0.278 e. The number of amidine groups is 2.